The standard InChI is InChI=1S/C24H20Cl2N4/c1-15-2-7-21-17(10-15)11-18(23(26)28-21)13-30-9-8-22-19(14-30)12-27-24(29-22)16-3-5-20(25)6-4-16/h2-7,10-12H,8-9,13-14H2,1H3. The number of nitrogens with zero attached hydrogens (tertiary/aromatic N) is 4. The maximum Gasteiger partial charge on any atom is 0.159 e. The first kappa shape index (κ1) is 19.4. The number of rotatable bonds is 3. The van der Waals surface area contributed by atoms with Crippen LogP contribution >= 0.6 is 23.2 Å². The van der Waals surface area contributed by atoms with Crippen LogP contribution in [0.25, 0.3) is 22.3 Å². The lowest BCUT2D eigenvalue weighted by molar-refractivity contribution is 0.243. The van der Waals surface area contributed by atoms with E-state index in [9.17, 15) is 0 Å². The van der Waals surface area contributed by atoms with Crippen LogP contribution in [-0.4, -0.2) is 26.4 Å². The van der Waals surface area contributed by atoms with Crippen molar-refractivity contribution < 1.29 is 0 Å². The molecular weight excluding hydrogens is 415 g/mol. The lowest BCUT2D eigenvalue weighted by atomic mass is 10.1. The number of aromatic nitrogens is 3. The Labute approximate surface area is 185 Å². The van der Waals surface area contributed by atoms with Crippen molar-refractivity contribution in [2.75, 3.05) is 6.54 Å². The normalized spacial score (nSPS) is 14.1. The topological polar surface area (TPSA) is 41.9 Å². The van der Waals surface area contributed by atoms with E-state index in [1.54, 1.807) is 0 Å². The van der Waals surface area contributed by atoms with Crippen molar-refractivity contribution in [2.24, 2.45) is 0 Å². The molecule has 0 aliphatic carbocycles. The van der Waals surface area contributed by atoms with Gasteiger partial charge in [0, 0.05) is 59.4 Å². The summed E-state index contributed by atoms with van der Waals surface area (Å²) in [5.74, 6) is 0.746. The number of halogens is 2. The van der Waals surface area contributed by atoms with Crippen LogP contribution in [0.5, 0.6) is 0 Å². The first-order valence-electron chi connectivity index (χ1n) is 9.94. The van der Waals surface area contributed by atoms with Crippen LogP contribution in [0, 0.1) is 6.92 Å². The summed E-state index contributed by atoms with van der Waals surface area (Å²) < 4.78 is 0. The van der Waals surface area contributed by atoms with E-state index < -0.39 is 0 Å². The summed E-state index contributed by atoms with van der Waals surface area (Å²) in [6.07, 6.45) is 2.83. The van der Waals surface area contributed by atoms with E-state index in [1.165, 1.54) is 11.1 Å². The minimum atomic E-state index is 0.575. The molecule has 4 aromatic rings. The zero-order chi connectivity index (χ0) is 20.7. The fourth-order valence-corrected chi connectivity index (χ4v) is 4.25. The van der Waals surface area contributed by atoms with Crippen molar-refractivity contribution in [1.82, 2.24) is 19.9 Å². The van der Waals surface area contributed by atoms with Gasteiger partial charge in [-0.3, -0.25) is 4.90 Å². The van der Waals surface area contributed by atoms with Crippen LogP contribution in [0.1, 0.15) is 22.4 Å². The van der Waals surface area contributed by atoms with Gasteiger partial charge in [-0.25, -0.2) is 15.0 Å². The number of benzene rings is 2. The van der Waals surface area contributed by atoms with Gasteiger partial charge in [0.25, 0.3) is 0 Å². The molecule has 30 heavy (non-hydrogen) atoms. The van der Waals surface area contributed by atoms with E-state index in [-0.39, 0.29) is 0 Å². The van der Waals surface area contributed by atoms with Gasteiger partial charge in [-0.1, -0.05) is 34.8 Å². The van der Waals surface area contributed by atoms with Crippen LogP contribution < -0.4 is 0 Å². The number of fused-ring (bicyclic) bond motifs is 2. The van der Waals surface area contributed by atoms with Gasteiger partial charge in [0.2, 0.25) is 0 Å². The third kappa shape index (κ3) is 3.91. The quantitative estimate of drug-likeness (QED) is 0.378. The van der Waals surface area contributed by atoms with Crippen LogP contribution in [0.4, 0.5) is 0 Å². The van der Waals surface area contributed by atoms with Crippen molar-refractivity contribution in [3.63, 3.8) is 0 Å². The molecule has 1 aliphatic heterocycles. The molecule has 6 heteroatoms. The third-order valence-corrected chi connectivity index (χ3v) is 6.08. The van der Waals surface area contributed by atoms with Gasteiger partial charge in [-0.15, -0.1) is 0 Å². The molecule has 2 aromatic carbocycles. The Bertz CT molecular complexity index is 1240. The summed E-state index contributed by atoms with van der Waals surface area (Å²) in [6.45, 7) is 4.58. The largest absolute Gasteiger partial charge is 0.294 e. The average Bonchev–Trinajstić information content (AvgIpc) is 2.75. The summed E-state index contributed by atoms with van der Waals surface area (Å²) in [4.78, 5) is 16.3. The molecule has 0 N–H and O–H groups in total. The number of hydrogen-bond donors (Lipinski definition) is 0. The molecule has 0 fully saturated rings. The monoisotopic (exact) mass is 434 g/mol. The Morgan fingerprint density at radius 3 is 2.67 bits per heavy atom. The molecule has 3 heterocycles. The molecule has 0 spiro atoms. The zero-order valence-electron chi connectivity index (χ0n) is 16.6. The summed E-state index contributed by atoms with van der Waals surface area (Å²) in [5.41, 5.74) is 6.47. The van der Waals surface area contributed by atoms with Crippen LogP contribution in [0.15, 0.2) is 54.7 Å². The first-order chi connectivity index (χ1) is 14.5. The van der Waals surface area contributed by atoms with Crippen molar-refractivity contribution >= 4 is 34.1 Å². The minimum absolute atomic E-state index is 0.575. The molecule has 2 aromatic heterocycles. The average molecular weight is 435 g/mol. The highest BCUT2D eigenvalue weighted by Crippen LogP contribution is 2.26. The third-order valence-electron chi connectivity index (χ3n) is 5.51. The predicted octanol–water partition coefficient (Wildman–Crippen LogP) is 5.87. The van der Waals surface area contributed by atoms with Crippen LogP contribution in [-0.2, 0) is 19.5 Å². The first-order valence-corrected chi connectivity index (χ1v) is 10.7. The second-order valence-electron chi connectivity index (χ2n) is 7.77. The smallest absolute Gasteiger partial charge is 0.159 e. The molecule has 4 nitrogen and oxygen atoms in total. The molecule has 0 amide bonds. The summed E-state index contributed by atoms with van der Waals surface area (Å²) in [6, 6.07) is 16.0. The van der Waals surface area contributed by atoms with Gasteiger partial charge in [0.05, 0.1) is 11.2 Å². The highest BCUT2D eigenvalue weighted by molar-refractivity contribution is 6.30. The summed E-state index contributed by atoms with van der Waals surface area (Å²) >= 11 is 12.5. The Hall–Kier alpha value is -2.53. The molecule has 0 saturated heterocycles. The minimum Gasteiger partial charge on any atom is -0.294 e. The van der Waals surface area contributed by atoms with Crippen LogP contribution in [0.3, 0.4) is 0 Å². The molecule has 0 saturated carbocycles. The Kier molecular flexibility index (Phi) is 5.15. The van der Waals surface area contributed by atoms with E-state index >= 15 is 0 Å². The van der Waals surface area contributed by atoms with E-state index in [1.807, 2.05) is 36.5 Å². The molecule has 150 valence electrons. The highest BCUT2D eigenvalue weighted by Gasteiger charge is 2.20. The van der Waals surface area contributed by atoms with Crippen molar-refractivity contribution in [3.05, 3.63) is 87.3 Å². The highest BCUT2D eigenvalue weighted by atomic mass is 35.5. The van der Waals surface area contributed by atoms with E-state index in [2.05, 4.69) is 40.0 Å². The Morgan fingerprint density at radius 2 is 1.83 bits per heavy atom. The van der Waals surface area contributed by atoms with Crippen molar-refractivity contribution in [2.45, 2.75) is 26.4 Å². The van der Waals surface area contributed by atoms with Gasteiger partial charge in [-0.2, -0.15) is 0 Å². The van der Waals surface area contributed by atoms with E-state index in [0.29, 0.717) is 10.2 Å². The van der Waals surface area contributed by atoms with Gasteiger partial charge in [0.1, 0.15) is 5.15 Å². The van der Waals surface area contributed by atoms with Gasteiger partial charge in [0.15, 0.2) is 5.82 Å². The Morgan fingerprint density at radius 1 is 1.00 bits per heavy atom. The van der Waals surface area contributed by atoms with Crippen LogP contribution in [0.2, 0.25) is 10.2 Å². The van der Waals surface area contributed by atoms with E-state index in [0.717, 1.165) is 59.6 Å². The van der Waals surface area contributed by atoms with E-state index in [4.69, 9.17) is 28.2 Å². The molecule has 0 unspecified atom stereocenters. The number of aryl methyl sites for hydroxylation is 1. The predicted molar refractivity (Wildman–Crippen MR) is 122 cm³/mol. The van der Waals surface area contributed by atoms with Crippen molar-refractivity contribution in [3.8, 4) is 11.4 Å². The van der Waals surface area contributed by atoms with Gasteiger partial charge >= 0.3 is 0 Å². The molecule has 0 radical (unpaired) electrons. The lowest BCUT2D eigenvalue weighted by Gasteiger charge is -2.28. The summed E-state index contributed by atoms with van der Waals surface area (Å²) in [5, 5.41) is 2.42. The molecule has 0 bridgehead atoms. The molecular formula is C24H20Cl2N4. The SMILES string of the molecule is Cc1ccc2nc(Cl)c(CN3CCc4nc(-c5ccc(Cl)cc5)ncc4C3)cc2c1. The fourth-order valence-electron chi connectivity index (χ4n) is 3.92. The van der Waals surface area contributed by atoms with Gasteiger partial charge < -0.3 is 0 Å². The molecule has 5 rings (SSSR count). The molecule has 0 atom stereocenters. The van der Waals surface area contributed by atoms with Crippen molar-refractivity contribution in [1.29, 1.82) is 0 Å². The van der Waals surface area contributed by atoms with Gasteiger partial charge in [-0.05, 0) is 49.4 Å². The maximum absolute atomic E-state index is 6.49. The molecule has 1 aliphatic rings. The second-order valence-corrected chi connectivity index (χ2v) is 8.56. The Balaban J connectivity index is 1.36. The fraction of sp³-hybridized carbons (Fsp3) is 0.208. The summed E-state index contributed by atoms with van der Waals surface area (Å²) in [7, 11) is 0. The number of pyridine rings is 1. The zero-order valence-corrected chi connectivity index (χ0v) is 18.1. The second kappa shape index (κ2) is 7.95. The number of hydrogen-bond acceptors (Lipinski definition) is 4. The lowest BCUT2D eigenvalue weighted by Crippen LogP contribution is -2.31. The maximum atomic E-state index is 6.49.